The molecule has 2 amide bonds. The second-order valence-electron chi connectivity index (χ2n) is 8.49. The standard InChI is InChI=1S/C24H23F3N2O4/c1-4-29-18-7-5-6-17(22(18)32-13-21(29)31)28-20(30)10-14-12-23(2,3)33-19-11-15(24(25,26)27)8-9-16(14)19/h5-11H,4,12-13H2,1-3H3,(H,28,30)/b14-10+. The van der Waals surface area contributed by atoms with Crippen LogP contribution in [0.5, 0.6) is 11.5 Å². The second-order valence-corrected chi connectivity index (χ2v) is 8.49. The monoisotopic (exact) mass is 460 g/mol. The first-order valence-electron chi connectivity index (χ1n) is 10.5. The number of alkyl halides is 3. The number of amides is 2. The van der Waals surface area contributed by atoms with E-state index in [-0.39, 0.29) is 18.3 Å². The van der Waals surface area contributed by atoms with Crippen molar-refractivity contribution in [2.75, 3.05) is 23.4 Å². The molecule has 9 heteroatoms. The average molecular weight is 460 g/mol. The molecule has 2 aliphatic heterocycles. The van der Waals surface area contributed by atoms with Crippen LogP contribution in [0.4, 0.5) is 24.5 Å². The van der Waals surface area contributed by atoms with Crippen molar-refractivity contribution in [3.8, 4) is 11.5 Å². The summed E-state index contributed by atoms with van der Waals surface area (Å²) in [5.41, 5.74) is 0.358. The van der Waals surface area contributed by atoms with Gasteiger partial charge in [-0.1, -0.05) is 12.1 Å². The lowest BCUT2D eigenvalue weighted by Gasteiger charge is -2.34. The third-order valence-corrected chi connectivity index (χ3v) is 5.46. The first-order valence-corrected chi connectivity index (χ1v) is 10.5. The predicted octanol–water partition coefficient (Wildman–Crippen LogP) is 5.03. The van der Waals surface area contributed by atoms with E-state index in [1.165, 1.54) is 12.1 Å². The largest absolute Gasteiger partial charge is 0.487 e. The summed E-state index contributed by atoms with van der Waals surface area (Å²) in [4.78, 5) is 26.5. The number of nitrogens with zero attached hydrogens (tertiary/aromatic N) is 1. The van der Waals surface area contributed by atoms with Crippen molar-refractivity contribution in [1.29, 1.82) is 0 Å². The quantitative estimate of drug-likeness (QED) is 0.653. The van der Waals surface area contributed by atoms with Crippen LogP contribution in [0.25, 0.3) is 5.57 Å². The van der Waals surface area contributed by atoms with Crippen molar-refractivity contribution in [1.82, 2.24) is 0 Å². The first kappa shape index (κ1) is 22.7. The molecule has 0 spiro atoms. The number of fused-ring (bicyclic) bond motifs is 2. The Labute approximate surface area is 189 Å². The van der Waals surface area contributed by atoms with E-state index in [2.05, 4.69) is 5.32 Å². The van der Waals surface area contributed by atoms with Gasteiger partial charge in [0, 0.05) is 24.6 Å². The van der Waals surface area contributed by atoms with Crippen molar-refractivity contribution >= 4 is 28.8 Å². The number of likely N-dealkylation sites (N-methyl/N-ethyl adjacent to an activating group) is 1. The van der Waals surface area contributed by atoms with Gasteiger partial charge in [0.2, 0.25) is 5.91 Å². The van der Waals surface area contributed by atoms with Gasteiger partial charge in [-0.15, -0.1) is 0 Å². The zero-order chi connectivity index (χ0) is 24.0. The smallest absolute Gasteiger partial charge is 0.416 e. The Morgan fingerprint density at radius 1 is 1.24 bits per heavy atom. The zero-order valence-electron chi connectivity index (χ0n) is 18.4. The molecule has 0 aromatic heterocycles. The molecule has 6 nitrogen and oxygen atoms in total. The van der Waals surface area contributed by atoms with Crippen molar-refractivity contribution < 1.29 is 32.2 Å². The molecule has 0 unspecified atom stereocenters. The summed E-state index contributed by atoms with van der Waals surface area (Å²) >= 11 is 0. The molecule has 33 heavy (non-hydrogen) atoms. The number of ether oxygens (including phenoxy) is 2. The number of halogens is 3. The molecule has 0 bridgehead atoms. The summed E-state index contributed by atoms with van der Waals surface area (Å²) in [6.07, 6.45) is -2.80. The van der Waals surface area contributed by atoms with E-state index < -0.39 is 23.2 Å². The van der Waals surface area contributed by atoms with Crippen molar-refractivity contribution in [2.45, 2.75) is 39.0 Å². The van der Waals surface area contributed by atoms with Crippen LogP contribution in [-0.2, 0) is 15.8 Å². The molecule has 0 fully saturated rings. The van der Waals surface area contributed by atoms with Crippen LogP contribution >= 0.6 is 0 Å². The van der Waals surface area contributed by atoms with Crippen LogP contribution in [0.15, 0.2) is 42.5 Å². The van der Waals surface area contributed by atoms with E-state index in [1.807, 2.05) is 6.92 Å². The molecular weight excluding hydrogens is 437 g/mol. The SMILES string of the molecule is CCN1C(=O)COc2c(NC(=O)/C=C3\CC(C)(C)Oc4cc(C(F)(F)F)ccc43)cccc21. The minimum absolute atomic E-state index is 0.0812. The lowest BCUT2D eigenvalue weighted by atomic mass is 9.88. The Morgan fingerprint density at radius 2 is 2.00 bits per heavy atom. The minimum atomic E-state index is -4.50. The van der Waals surface area contributed by atoms with Crippen LogP contribution < -0.4 is 19.7 Å². The lowest BCUT2D eigenvalue weighted by molar-refractivity contribution is -0.137. The van der Waals surface area contributed by atoms with Gasteiger partial charge in [-0.3, -0.25) is 9.59 Å². The van der Waals surface area contributed by atoms with E-state index in [0.717, 1.165) is 12.1 Å². The number of carbonyl (C=O) groups excluding carboxylic acids is 2. The fourth-order valence-corrected chi connectivity index (χ4v) is 4.07. The summed E-state index contributed by atoms with van der Waals surface area (Å²) in [5.74, 6) is -0.161. The third kappa shape index (κ3) is 4.53. The van der Waals surface area contributed by atoms with Gasteiger partial charge in [-0.05, 0) is 50.6 Å². The van der Waals surface area contributed by atoms with Crippen LogP contribution in [0.3, 0.4) is 0 Å². The fraction of sp³-hybridized carbons (Fsp3) is 0.333. The molecule has 1 N–H and O–H groups in total. The topological polar surface area (TPSA) is 67.9 Å². The Hall–Kier alpha value is -3.49. The van der Waals surface area contributed by atoms with E-state index in [0.29, 0.717) is 41.2 Å². The van der Waals surface area contributed by atoms with Crippen LogP contribution in [0.1, 0.15) is 38.3 Å². The van der Waals surface area contributed by atoms with Crippen molar-refractivity contribution in [3.63, 3.8) is 0 Å². The van der Waals surface area contributed by atoms with E-state index in [1.54, 1.807) is 36.9 Å². The number of para-hydroxylation sites is 1. The van der Waals surface area contributed by atoms with Crippen LogP contribution in [0, 0.1) is 0 Å². The Bertz CT molecular complexity index is 1150. The zero-order valence-corrected chi connectivity index (χ0v) is 18.4. The van der Waals surface area contributed by atoms with Gasteiger partial charge < -0.3 is 19.7 Å². The number of anilines is 2. The molecule has 0 radical (unpaired) electrons. The maximum atomic E-state index is 13.1. The molecule has 2 aromatic rings. The highest BCUT2D eigenvalue weighted by molar-refractivity contribution is 6.07. The second kappa shape index (κ2) is 8.13. The summed E-state index contributed by atoms with van der Waals surface area (Å²) in [6.45, 7) is 5.67. The minimum Gasteiger partial charge on any atom is -0.487 e. The highest BCUT2D eigenvalue weighted by atomic mass is 19.4. The van der Waals surface area contributed by atoms with Crippen molar-refractivity contribution in [2.24, 2.45) is 0 Å². The van der Waals surface area contributed by atoms with Gasteiger partial charge in [-0.25, -0.2) is 0 Å². The highest BCUT2D eigenvalue weighted by Gasteiger charge is 2.35. The summed E-state index contributed by atoms with van der Waals surface area (Å²) < 4.78 is 50.8. The van der Waals surface area contributed by atoms with Crippen LogP contribution in [-0.4, -0.2) is 30.6 Å². The Morgan fingerprint density at radius 3 is 2.70 bits per heavy atom. The summed E-state index contributed by atoms with van der Waals surface area (Å²) in [7, 11) is 0. The maximum absolute atomic E-state index is 13.1. The van der Waals surface area contributed by atoms with Gasteiger partial charge in [0.1, 0.15) is 11.4 Å². The fourth-order valence-electron chi connectivity index (χ4n) is 4.07. The van der Waals surface area contributed by atoms with Gasteiger partial charge >= 0.3 is 6.18 Å². The first-order chi connectivity index (χ1) is 15.5. The lowest BCUT2D eigenvalue weighted by Crippen LogP contribution is -2.38. The maximum Gasteiger partial charge on any atom is 0.416 e. The molecular formula is C24H23F3N2O4. The normalized spacial score (nSPS) is 18.2. The number of nitrogens with one attached hydrogen (secondary N) is 1. The van der Waals surface area contributed by atoms with Crippen molar-refractivity contribution in [3.05, 3.63) is 53.6 Å². The highest BCUT2D eigenvalue weighted by Crippen LogP contribution is 2.43. The number of benzene rings is 2. The van der Waals surface area contributed by atoms with Gasteiger partial charge in [0.15, 0.2) is 12.4 Å². The molecule has 0 saturated heterocycles. The van der Waals surface area contributed by atoms with Gasteiger partial charge in [0.25, 0.3) is 5.91 Å². The molecule has 0 atom stereocenters. The molecule has 174 valence electrons. The number of carbonyl (C=O) groups is 2. The van der Waals surface area contributed by atoms with E-state index in [9.17, 15) is 22.8 Å². The van der Waals surface area contributed by atoms with Gasteiger partial charge in [0.05, 0.1) is 16.9 Å². The summed E-state index contributed by atoms with van der Waals surface area (Å²) in [6, 6.07) is 8.36. The number of hydrogen-bond donors (Lipinski definition) is 1. The van der Waals surface area contributed by atoms with Gasteiger partial charge in [-0.2, -0.15) is 13.2 Å². The third-order valence-electron chi connectivity index (χ3n) is 5.46. The Kier molecular flexibility index (Phi) is 5.59. The predicted molar refractivity (Wildman–Crippen MR) is 117 cm³/mol. The summed E-state index contributed by atoms with van der Waals surface area (Å²) in [5, 5.41) is 2.77. The molecule has 0 saturated carbocycles. The number of rotatable bonds is 3. The molecule has 0 aliphatic carbocycles. The molecule has 2 heterocycles. The van der Waals surface area contributed by atoms with E-state index in [4.69, 9.17) is 9.47 Å². The van der Waals surface area contributed by atoms with E-state index >= 15 is 0 Å². The molecule has 2 aliphatic rings. The van der Waals surface area contributed by atoms with Crippen LogP contribution in [0.2, 0.25) is 0 Å². The molecule has 4 rings (SSSR count). The Balaban J connectivity index is 1.65. The average Bonchev–Trinajstić information content (AvgIpc) is 2.71. The number of hydrogen-bond acceptors (Lipinski definition) is 4. The molecule has 2 aromatic carbocycles.